The van der Waals surface area contributed by atoms with Gasteiger partial charge in [-0.3, -0.25) is 4.79 Å². The Kier molecular flexibility index (Phi) is 4.91. The summed E-state index contributed by atoms with van der Waals surface area (Å²) in [5, 5.41) is 0.876. The van der Waals surface area contributed by atoms with Crippen LogP contribution in [0, 0.1) is 6.92 Å². The maximum absolute atomic E-state index is 12.0. The van der Waals surface area contributed by atoms with Crippen LogP contribution in [0.3, 0.4) is 0 Å². The Balaban J connectivity index is 1.87. The van der Waals surface area contributed by atoms with E-state index in [1.165, 1.54) is 10.6 Å². The van der Waals surface area contributed by atoms with Gasteiger partial charge in [-0.15, -0.1) is 0 Å². The van der Waals surface area contributed by atoms with Crippen molar-refractivity contribution >= 4 is 38.1 Å². The Morgan fingerprint density at radius 3 is 2.57 bits per heavy atom. The van der Waals surface area contributed by atoms with E-state index in [1.807, 2.05) is 43.3 Å². The molecule has 3 aromatic rings. The van der Waals surface area contributed by atoms with Crippen LogP contribution in [0.25, 0.3) is 27.6 Å². The van der Waals surface area contributed by atoms with Gasteiger partial charge < -0.3 is 16.5 Å². The van der Waals surface area contributed by atoms with E-state index in [9.17, 15) is 13.2 Å². The number of sulfonamides is 1. The standard InChI is InChI=1S/C22H24N4O3S/c1-13-15(4-3-5-19(13)23)16-6-7-17(22(24)27)21-18(16)12-20(25-21)14-8-10-26(11-9-14)30(2,28)29/h3-8,12,25H,9-11,23H2,1-2H3,(H2,24,27). The van der Waals surface area contributed by atoms with E-state index in [2.05, 4.69) is 4.98 Å². The molecule has 1 aromatic heterocycles. The average molecular weight is 425 g/mol. The Bertz CT molecular complexity index is 1310. The summed E-state index contributed by atoms with van der Waals surface area (Å²) < 4.78 is 25.0. The zero-order chi connectivity index (χ0) is 21.6. The van der Waals surface area contributed by atoms with Gasteiger partial charge in [-0.2, -0.15) is 4.31 Å². The highest BCUT2D eigenvalue weighted by Gasteiger charge is 2.22. The molecule has 0 unspecified atom stereocenters. The van der Waals surface area contributed by atoms with Crippen molar-refractivity contribution in [2.75, 3.05) is 25.1 Å². The Morgan fingerprint density at radius 2 is 1.93 bits per heavy atom. The normalized spacial score (nSPS) is 15.3. The summed E-state index contributed by atoms with van der Waals surface area (Å²) in [4.78, 5) is 15.4. The van der Waals surface area contributed by atoms with Gasteiger partial charge in [0, 0.05) is 29.9 Å². The maximum atomic E-state index is 12.0. The van der Waals surface area contributed by atoms with Gasteiger partial charge in [0.1, 0.15) is 0 Å². The monoisotopic (exact) mass is 424 g/mol. The third-order valence-electron chi connectivity index (χ3n) is 5.71. The molecule has 0 bridgehead atoms. The summed E-state index contributed by atoms with van der Waals surface area (Å²) in [6.45, 7) is 2.72. The lowest BCUT2D eigenvalue weighted by atomic mass is 9.94. The van der Waals surface area contributed by atoms with Crippen molar-refractivity contribution in [3.05, 3.63) is 59.3 Å². The van der Waals surface area contributed by atoms with Gasteiger partial charge >= 0.3 is 0 Å². The van der Waals surface area contributed by atoms with Crippen molar-refractivity contribution in [2.24, 2.45) is 5.73 Å². The number of nitrogens with zero attached hydrogens (tertiary/aromatic N) is 1. The zero-order valence-corrected chi connectivity index (χ0v) is 17.7. The number of carbonyl (C=O) groups excluding carboxylic acids is 1. The highest BCUT2D eigenvalue weighted by molar-refractivity contribution is 7.88. The number of carbonyl (C=O) groups is 1. The van der Waals surface area contributed by atoms with Gasteiger partial charge in [0.05, 0.1) is 17.3 Å². The van der Waals surface area contributed by atoms with E-state index in [0.717, 1.165) is 33.3 Å². The average Bonchev–Trinajstić information content (AvgIpc) is 3.14. The minimum atomic E-state index is -3.22. The van der Waals surface area contributed by atoms with Gasteiger partial charge in [-0.25, -0.2) is 8.42 Å². The van der Waals surface area contributed by atoms with Crippen LogP contribution in [0.5, 0.6) is 0 Å². The lowest BCUT2D eigenvalue weighted by molar-refractivity contribution is 0.100. The third kappa shape index (κ3) is 3.48. The first-order valence-corrected chi connectivity index (χ1v) is 11.5. The van der Waals surface area contributed by atoms with Gasteiger partial charge in [0.2, 0.25) is 10.0 Å². The number of rotatable bonds is 4. The van der Waals surface area contributed by atoms with Crippen molar-refractivity contribution in [1.29, 1.82) is 0 Å². The number of fused-ring (bicyclic) bond motifs is 1. The molecule has 1 aliphatic rings. The summed E-state index contributed by atoms with van der Waals surface area (Å²) in [6.07, 6.45) is 3.71. The summed E-state index contributed by atoms with van der Waals surface area (Å²) in [5.41, 5.74) is 18.3. The second kappa shape index (κ2) is 7.30. The quantitative estimate of drug-likeness (QED) is 0.557. The van der Waals surface area contributed by atoms with Crippen LogP contribution in [0.4, 0.5) is 5.69 Å². The number of nitrogens with one attached hydrogen (secondary N) is 1. The summed E-state index contributed by atoms with van der Waals surface area (Å²) in [6, 6.07) is 11.4. The van der Waals surface area contributed by atoms with E-state index in [1.54, 1.807) is 6.07 Å². The maximum Gasteiger partial charge on any atom is 0.250 e. The van der Waals surface area contributed by atoms with Crippen LogP contribution >= 0.6 is 0 Å². The molecule has 0 aliphatic carbocycles. The molecule has 1 aliphatic heterocycles. The molecular weight excluding hydrogens is 400 g/mol. The van der Waals surface area contributed by atoms with E-state index in [4.69, 9.17) is 11.5 Å². The molecule has 5 N–H and O–H groups in total. The molecular formula is C22H24N4O3S. The fourth-order valence-electron chi connectivity index (χ4n) is 3.97. The first kappa shape index (κ1) is 20.2. The second-order valence-electron chi connectivity index (χ2n) is 7.62. The number of H-pyrrole nitrogens is 1. The molecule has 1 amide bonds. The number of hydrogen-bond acceptors (Lipinski definition) is 4. The van der Waals surface area contributed by atoms with Crippen LogP contribution in [0.1, 0.15) is 28.0 Å². The summed E-state index contributed by atoms with van der Waals surface area (Å²) in [5.74, 6) is -0.509. The number of aromatic nitrogens is 1. The van der Waals surface area contributed by atoms with Crippen molar-refractivity contribution in [2.45, 2.75) is 13.3 Å². The number of anilines is 1. The van der Waals surface area contributed by atoms with E-state index < -0.39 is 15.9 Å². The molecule has 0 spiro atoms. The lowest BCUT2D eigenvalue weighted by Crippen LogP contribution is -2.33. The van der Waals surface area contributed by atoms with Crippen LogP contribution in [0.15, 0.2) is 42.5 Å². The molecule has 4 rings (SSSR count). The van der Waals surface area contributed by atoms with Crippen LogP contribution in [0.2, 0.25) is 0 Å². The summed E-state index contributed by atoms with van der Waals surface area (Å²) >= 11 is 0. The second-order valence-corrected chi connectivity index (χ2v) is 9.60. The number of benzene rings is 2. The first-order valence-electron chi connectivity index (χ1n) is 9.62. The predicted molar refractivity (Wildman–Crippen MR) is 120 cm³/mol. The predicted octanol–water partition coefficient (Wildman–Crippen LogP) is 2.87. The van der Waals surface area contributed by atoms with Gasteiger partial charge in [0.25, 0.3) is 5.91 Å². The third-order valence-corrected chi connectivity index (χ3v) is 6.98. The smallest absolute Gasteiger partial charge is 0.250 e. The molecule has 2 aromatic carbocycles. The fraction of sp³-hybridized carbons (Fsp3) is 0.227. The molecule has 8 heteroatoms. The molecule has 0 atom stereocenters. The van der Waals surface area contributed by atoms with Gasteiger partial charge in [0.15, 0.2) is 0 Å². The minimum absolute atomic E-state index is 0.327. The lowest BCUT2D eigenvalue weighted by Gasteiger charge is -2.23. The van der Waals surface area contributed by atoms with E-state index in [-0.39, 0.29) is 0 Å². The molecule has 2 heterocycles. The number of aromatic amines is 1. The van der Waals surface area contributed by atoms with Crippen LogP contribution in [-0.4, -0.2) is 43.0 Å². The minimum Gasteiger partial charge on any atom is -0.398 e. The van der Waals surface area contributed by atoms with Crippen LogP contribution < -0.4 is 11.5 Å². The fourth-order valence-corrected chi connectivity index (χ4v) is 4.74. The topological polar surface area (TPSA) is 122 Å². The van der Waals surface area contributed by atoms with Crippen molar-refractivity contribution in [3.63, 3.8) is 0 Å². The number of nitrogens with two attached hydrogens (primary N) is 2. The Labute approximate surface area is 175 Å². The number of nitrogen functional groups attached to an aromatic ring is 1. The van der Waals surface area contributed by atoms with Crippen molar-refractivity contribution in [3.8, 4) is 11.1 Å². The Hall–Kier alpha value is -3.10. The van der Waals surface area contributed by atoms with Crippen molar-refractivity contribution in [1.82, 2.24) is 9.29 Å². The van der Waals surface area contributed by atoms with E-state index in [0.29, 0.717) is 36.3 Å². The zero-order valence-electron chi connectivity index (χ0n) is 16.9. The van der Waals surface area contributed by atoms with Gasteiger partial charge in [-0.05, 0) is 53.8 Å². The van der Waals surface area contributed by atoms with E-state index >= 15 is 0 Å². The molecule has 0 radical (unpaired) electrons. The number of hydrogen-bond donors (Lipinski definition) is 3. The molecule has 0 saturated heterocycles. The van der Waals surface area contributed by atoms with Crippen molar-refractivity contribution < 1.29 is 13.2 Å². The van der Waals surface area contributed by atoms with Crippen LogP contribution in [-0.2, 0) is 10.0 Å². The molecule has 0 fully saturated rings. The summed E-state index contributed by atoms with van der Waals surface area (Å²) in [7, 11) is -3.22. The highest BCUT2D eigenvalue weighted by Crippen LogP contribution is 2.36. The van der Waals surface area contributed by atoms with Gasteiger partial charge in [-0.1, -0.05) is 24.3 Å². The number of primary amides is 1. The molecule has 7 nitrogen and oxygen atoms in total. The highest BCUT2D eigenvalue weighted by atomic mass is 32.2. The number of amides is 1. The first-order chi connectivity index (χ1) is 14.2. The SMILES string of the molecule is Cc1c(N)cccc1-c1ccc(C(N)=O)c2[nH]c(C3=CCN(S(C)(=O)=O)CC3)cc12. The molecule has 0 saturated carbocycles. The Morgan fingerprint density at radius 1 is 1.17 bits per heavy atom. The molecule has 30 heavy (non-hydrogen) atoms. The molecule has 156 valence electrons. The largest absolute Gasteiger partial charge is 0.398 e.